The van der Waals surface area contributed by atoms with Crippen LogP contribution in [-0.4, -0.2) is 9.78 Å². The summed E-state index contributed by atoms with van der Waals surface area (Å²) in [5.74, 6) is 0.534. The van der Waals surface area contributed by atoms with E-state index in [1.807, 2.05) is 25.1 Å². The Bertz CT molecular complexity index is 477. The molecule has 0 amide bonds. The molecule has 0 spiro atoms. The van der Waals surface area contributed by atoms with Crippen LogP contribution in [0, 0.1) is 6.92 Å². The van der Waals surface area contributed by atoms with Crippen molar-refractivity contribution in [1.29, 1.82) is 0 Å². The maximum atomic E-state index is 5.80. The first kappa shape index (κ1) is 10.5. The fourth-order valence-corrected chi connectivity index (χ4v) is 1.85. The summed E-state index contributed by atoms with van der Waals surface area (Å²) in [5, 5.41) is 4.77. The third kappa shape index (κ3) is 2.16. The Balaban J connectivity index is 2.42. The zero-order valence-corrected chi connectivity index (χ0v) is 9.76. The lowest BCUT2D eigenvalue weighted by molar-refractivity contribution is 0.878. The molecule has 0 atom stereocenters. The molecular weight excluding hydrogens is 231 g/mol. The number of alkyl halides is 1. The maximum absolute atomic E-state index is 5.80. The number of aryl methyl sites for hydroxylation is 1. The van der Waals surface area contributed by atoms with E-state index in [1.165, 1.54) is 0 Å². The summed E-state index contributed by atoms with van der Waals surface area (Å²) in [6, 6.07) is 6.03. The molecule has 78 valence electrons. The Morgan fingerprint density at radius 1 is 1.40 bits per heavy atom. The van der Waals surface area contributed by atoms with E-state index >= 15 is 0 Å². The van der Waals surface area contributed by atoms with Crippen LogP contribution < -0.4 is 0 Å². The molecule has 0 aliphatic carbocycles. The topological polar surface area (TPSA) is 17.8 Å². The monoisotopic (exact) mass is 240 g/mol. The predicted octanol–water partition coefficient (Wildman–Crippen LogP) is 3.57. The molecule has 4 heteroatoms. The molecule has 0 N–H and O–H groups in total. The minimum atomic E-state index is 0.534. The largest absolute Gasteiger partial charge is 0.239 e. The SMILES string of the molecule is Cc1cc(-n2cc(Cl)cn2)ccc1CCl. The number of aromatic nitrogens is 2. The van der Waals surface area contributed by atoms with Crippen LogP contribution in [0.4, 0.5) is 0 Å². The standard InChI is InChI=1S/C11H10Cl2N2/c1-8-4-11(3-2-9(8)5-12)15-7-10(13)6-14-15/h2-4,6-7H,5H2,1H3. The van der Waals surface area contributed by atoms with Gasteiger partial charge in [-0.05, 0) is 30.2 Å². The van der Waals surface area contributed by atoms with Gasteiger partial charge in [-0.3, -0.25) is 0 Å². The third-order valence-corrected chi connectivity index (χ3v) is 2.77. The highest BCUT2D eigenvalue weighted by Gasteiger charge is 2.02. The molecule has 1 heterocycles. The minimum Gasteiger partial charge on any atom is -0.239 e. The van der Waals surface area contributed by atoms with Crippen LogP contribution in [0.1, 0.15) is 11.1 Å². The lowest BCUT2D eigenvalue weighted by atomic mass is 10.1. The number of hydrogen-bond acceptors (Lipinski definition) is 1. The van der Waals surface area contributed by atoms with Crippen LogP contribution in [-0.2, 0) is 5.88 Å². The number of rotatable bonds is 2. The van der Waals surface area contributed by atoms with Gasteiger partial charge in [0.25, 0.3) is 0 Å². The van der Waals surface area contributed by atoms with Crippen molar-refractivity contribution in [2.45, 2.75) is 12.8 Å². The zero-order valence-electron chi connectivity index (χ0n) is 8.24. The highest BCUT2D eigenvalue weighted by atomic mass is 35.5. The smallest absolute Gasteiger partial charge is 0.0790 e. The Morgan fingerprint density at radius 3 is 2.73 bits per heavy atom. The number of benzene rings is 1. The van der Waals surface area contributed by atoms with E-state index in [9.17, 15) is 0 Å². The number of hydrogen-bond donors (Lipinski definition) is 0. The van der Waals surface area contributed by atoms with Gasteiger partial charge in [-0.2, -0.15) is 5.10 Å². The van der Waals surface area contributed by atoms with E-state index in [4.69, 9.17) is 23.2 Å². The minimum absolute atomic E-state index is 0.534. The van der Waals surface area contributed by atoms with E-state index in [0.717, 1.165) is 16.8 Å². The normalized spacial score (nSPS) is 10.6. The average molecular weight is 241 g/mol. The second-order valence-corrected chi connectivity index (χ2v) is 4.05. The lowest BCUT2D eigenvalue weighted by Crippen LogP contribution is -1.96. The summed E-state index contributed by atoms with van der Waals surface area (Å²) >= 11 is 11.6. The molecule has 2 aromatic rings. The Hall–Kier alpha value is -0.990. The van der Waals surface area contributed by atoms with Gasteiger partial charge >= 0.3 is 0 Å². The van der Waals surface area contributed by atoms with Crippen LogP contribution in [0.2, 0.25) is 5.02 Å². The molecular formula is C11H10Cl2N2. The van der Waals surface area contributed by atoms with Crippen molar-refractivity contribution in [2.24, 2.45) is 0 Å². The van der Waals surface area contributed by atoms with Crippen molar-refractivity contribution >= 4 is 23.2 Å². The molecule has 0 bridgehead atoms. The van der Waals surface area contributed by atoms with Gasteiger partial charge in [0.1, 0.15) is 0 Å². The van der Waals surface area contributed by atoms with E-state index in [2.05, 4.69) is 5.10 Å². The van der Waals surface area contributed by atoms with E-state index < -0.39 is 0 Å². The number of nitrogens with zero attached hydrogens (tertiary/aromatic N) is 2. The highest BCUT2D eigenvalue weighted by Crippen LogP contribution is 2.17. The molecule has 0 fully saturated rings. The van der Waals surface area contributed by atoms with Crippen molar-refractivity contribution in [1.82, 2.24) is 9.78 Å². The molecule has 0 aliphatic rings. The molecule has 0 aliphatic heterocycles. The zero-order chi connectivity index (χ0) is 10.8. The van der Waals surface area contributed by atoms with Crippen molar-refractivity contribution in [3.63, 3.8) is 0 Å². The molecule has 15 heavy (non-hydrogen) atoms. The van der Waals surface area contributed by atoms with Gasteiger partial charge in [-0.15, -0.1) is 11.6 Å². The van der Waals surface area contributed by atoms with Crippen LogP contribution in [0.5, 0.6) is 0 Å². The second-order valence-electron chi connectivity index (χ2n) is 3.35. The van der Waals surface area contributed by atoms with Gasteiger partial charge in [0.2, 0.25) is 0 Å². The van der Waals surface area contributed by atoms with E-state index in [1.54, 1.807) is 17.1 Å². The molecule has 1 aromatic carbocycles. The van der Waals surface area contributed by atoms with Gasteiger partial charge in [-0.25, -0.2) is 4.68 Å². The van der Waals surface area contributed by atoms with Crippen LogP contribution >= 0.6 is 23.2 Å². The van der Waals surface area contributed by atoms with Crippen LogP contribution in [0.25, 0.3) is 5.69 Å². The first-order valence-corrected chi connectivity index (χ1v) is 5.48. The van der Waals surface area contributed by atoms with Gasteiger partial charge in [0, 0.05) is 12.1 Å². The molecule has 2 nitrogen and oxygen atoms in total. The summed E-state index contributed by atoms with van der Waals surface area (Å²) in [7, 11) is 0. The summed E-state index contributed by atoms with van der Waals surface area (Å²) in [6.07, 6.45) is 3.39. The van der Waals surface area contributed by atoms with Crippen LogP contribution in [0.15, 0.2) is 30.6 Å². The molecule has 0 saturated heterocycles. The molecule has 0 saturated carbocycles. The first-order chi connectivity index (χ1) is 7.20. The van der Waals surface area contributed by atoms with Crippen LogP contribution in [0.3, 0.4) is 0 Å². The lowest BCUT2D eigenvalue weighted by Gasteiger charge is -2.05. The molecule has 0 radical (unpaired) electrons. The van der Waals surface area contributed by atoms with Crippen molar-refractivity contribution in [2.75, 3.05) is 0 Å². The summed E-state index contributed by atoms with van der Waals surface area (Å²) in [6.45, 7) is 2.03. The van der Waals surface area contributed by atoms with Gasteiger partial charge < -0.3 is 0 Å². The Kier molecular flexibility index (Phi) is 2.98. The van der Waals surface area contributed by atoms with E-state index in [-0.39, 0.29) is 0 Å². The summed E-state index contributed by atoms with van der Waals surface area (Å²) in [4.78, 5) is 0. The predicted molar refractivity (Wildman–Crippen MR) is 62.9 cm³/mol. The van der Waals surface area contributed by atoms with Crippen molar-refractivity contribution in [3.05, 3.63) is 46.7 Å². The van der Waals surface area contributed by atoms with Crippen molar-refractivity contribution in [3.8, 4) is 5.69 Å². The van der Waals surface area contributed by atoms with E-state index in [0.29, 0.717) is 10.9 Å². The Labute approximate surface area is 98.4 Å². The fraction of sp³-hybridized carbons (Fsp3) is 0.182. The van der Waals surface area contributed by atoms with Gasteiger partial charge in [0.15, 0.2) is 0 Å². The number of halogens is 2. The first-order valence-electron chi connectivity index (χ1n) is 4.57. The highest BCUT2D eigenvalue weighted by molar-refractivity contribution is 6.30. The molecule has 0 unspecified atom stereocenters. The van der Waals surface area contributed by atoms with Gasteiger partial charge in [0.05, 0.1) is 16.9 Å². The maximum Gasteiger partial charge on any atom is 0.0790 e. The third-order valence-electron chi connectivity index (χ3n) is 2.29. The van der Waals surface area contributed by atoms with Gasteiger partial charge in [-0.1, -0.05) is 17.7 Å². The summed E-state index contributed by atoms with van der Waals surface area (Å²) < 4.78 is 1.74. The Morgan fingerprint density at radius 2 is 2.20 bits per heavy atom. The average Bonchev–Trinajstić information content (AvgIpc) is 2.65. The fourth-order valence-electron chi connectivity index (χ4n) is 1.41. The molecule has 2 rings (SSSR count). The quantitative estimate of drug-likeness (QED) is 0.735. The molecule has 1 aromatic heterocycles. The second kappa shape index (κ2) is 4.25. The summed E-state index contributed by atoms with van der Waals surface area (Å²) in [5.41, 5.74) is 3.29. The van der Waals surface area contributed by atoms with Crippen molar-refractivity contribution < 1.29 is 0 Å².